The number of aryl methyl sites for hydroxylation is 1. The molecular weight excluding hydrogens is 330 g/mol. The van der Waals surface area contributed by atoms with Crippen molar-refractivity contribution < 1.29 is 14.8 Å². The van der Waals surface area contributed by atoms with Crippen molar-refractivity contribution in [2.45, 2.75) is 20.0 Å². The third-order valence-corrected chi connectivity index (χ3v) is 3.96. The molecular formula is C17H21BrNO2+. The summed E-state index contributed by atoms with van der Waals surface area (Å²) < 4.78 is 11.6. The number of hydrogen-bond acceptors (Lipinski definition) is 2. The molecule has 0 heterocycles. The van der Waals surface area contributed by atoms with Gasteiger partial charge < -0.3 is 14.8 Å². The van der Waals surface area contributed by atoms with Gasteiger partial charge in [-0.3, -0.25) is 0 Å². The van der Waals surface area contributed by atoms with Gasteiger partial charge in [-0.15, -0.1) is 0 Å². The van der Waals surface area contributed by atoms with Crippen LogP contribution in [-0.4, -0.2) is 14.2 Å². The van der Waals surface area contributed by atoms with Gasteiger partial charge in [0.2, 0.25) is 0 Å². The van der Waals surface area contributed by atoms with Crippen LogP contribution in [0.3, 0.4) is 0 Å². The standard InChI is InChI=1S/C17H20BrNO2/c1-12-4-6-13(7-5-12)10-19-11-14-8-15(18)17(21-3)16(9-14)20-2/h4-9,19H,10-11H2,1-3H3/p+1. The van der Waals surface area contributed by atoms with E-state index in [0.29, 0.717) is 0 Å². The van der Waals surface area contributed by atoms with E-state index < -0.39 is 0 Å². The summed E-state index contributed by atoms with van der Waals surface area (Å²) in [5, 5.41) is 2.28. The van der Waals surface area contributed by atoms with Crippen molar-refractivity contribution in [3.63, 3.8) is 0 Å². The van der Waals surface area contributed by atoms with E-state index in [1.54, 1.807) is 14.2 Å². The monoisotopic (exact) mass is 350 g/mol. The van der Waals surface area contributed by atoms with Crippen LogP contribution in [0.2, 0.25) is 0 Å². The van der Waals surface area contributed by atoms with E-state index >= 15 is 0 Å². The van der Waals surface area contributed by atoms with E-state index in [-0.39, 0.29) is 0 Å². The number of quaternary nitrogens is 1. The molecule has 0 fully saturated rings. The van der Waals surface area contributed by atoms with Crippen LogP contribution in [-0.2, 0) is 13.1 Å². The second-order valence-electron chi connectivity index (χ2n) is 5.00. The van der Waals surface area contributed by atoms with Gasteiger partial charge in [0, 0.05) is 11.1 Å². The predicted molar refractivity (Wildman–Crippen MR) is 87.8 cm³/mol. The van der Waals surface area contributed by atoms with Crippen molar-refractivity contribution in [2.75, 3.05) is 14.2 Å². The average Bonchev–Trinajstić information content (AvgIpc) is 2.48. The molecule has 2 rings (SSSR count). The first-order valence-electron chi connectivity index (χ1n) is 6.91. The first-order valence-corrected chi connectivity index (χ1v) is 7.71. The lowest BCUT2D eigenvalue weighted by atomic mass is 10.1. The highest BCUT2D eigenvalue weighted by atomic mass is 79.9. The Kier molecular flexibility index (Phi) is 5.65. The second-order valence-corrected chi connectivity index (χ2v) is 5.85. The molecule has 0 saturated carbocycles. The Hall–Kier alpha value is -1.52. The van der Waals surface area contributed by atoms with Crippen LogP contribution in [0, 0.1) is 6.92 Å². The van der Waals surface area contributed by atoms with Crippen LogP contribution in [0.5, 0.6) is 11.5 Å². The minimum atomic E-state index is 0.736. The quantitative estimate of drug-likeness (QED) is 0.868. The van der Waals surface area contributed by atoms with E-state index in [4.69, 9.17) is 9.47 Å². The third-order valence-electron chi connectivity index (χ3n) is 3.37. The van der Waals surface area contributed by atoms with Crippen molar-refractivity contribution in [3.8, 4) is 11.5 Å². The molecule has 0 aliphatic rings. The van der Waals surface area contributed by atoms with Gasteiger partial charge in [-0.1, -0.05) is 29.8 Å². The highest BCUT2D eigenvalue weighted by Crippen LogP contribution is 2.35. The van der Waals surface area contributed by atoms with E-state index in [9.17, 15) is 0 Å². The zero-order valence-electron chi connectivity index (χ0n) is 12.7. The minimum absolute atomic E-state index is 0.736. The molecule has 0 aliphatic carbocycles. The summed E-state index contributed by atoms with van der Waals surface area (Å²) in [6.45, 7) is 3.97. The van der Waals surface area contributed by atoms with E-state index in [1.807, 2.05) is 6.07 Å². The molecule has 0 spiro atoms. The number of halogens is 1. The van der Waals surface area contributed by atoms with Crippen molar-refractivity contribution in [1.82, 2.24) is 0 Å². The Morgan fingerprint density at radius 2 is 1.62 bits per heavy atom. The third kappa shape index (κ3) is 4.22. The predicted octanol–water partition coefficient (Wildman–Crippen LogP) is 3.04. The average molecular weight is 351 g/mol. The first kappa shape index (κ1) is 15.9. The smallest absolute Gasteiger partial charge is 0.174 e. The molecule has 0 radical (unpaired) electrons. The highest BCUT2D eigenvalue weighted by Gasteiger charge is 2.11. The summed E-state index contributed by atoms with van der Waals surface area (Å²) in [6.07, 6.45) is 0. The Morgan fingerprint density at radius 1 is 0.952 bits per heavy atom. The molecule has 3 nitrogen and oxygen atoms in total. The summed E-state index contributed by atoms with van der Waals surface area (Å²) in [6, 6.07) is 12.8. The van der Waals surface area contributed by atoms with Crippen LogP contribution in [0.1, 0.15) is 16.7 Å². The molecule has 4 heteroatoms. The lowest BCUT2D eigenvalue weighted by Gasteiger charge is -2.11. The van der Waals surface area contributed by atoms with Crippen LogP contribution in [0.4, 0.5) is 0 Å². The van der Waals surface area contributed by atoms with Gasteiger partial charge in [-0.25, -0.2) is 0 Å². The summed E-state index contributed by atoms with van der Waals surface area (Å²) in [7, 11) is 3.30. The van der Waals surface area contributed by atoms with Crippen molar-refractivity contribution in [1.29, 1.82) is 0 Å². The minimum Gasteiger partial charge on any atom is -0.493 e. The molecule has 0 unspecified atom stereocenters. The fourth-order valence-corrected chi connectivity index (χ4v) is 2.87. The zero-order valence-corrected chi connectivity index (χ0v) is 14.2. The number of methoxy groups -OCH3 is 2. The molecule has 0 amide bonds. The van der Waals surface area contributed by atoms with E-state index in [0.717, 1.165) is 29.1 Å². The fraction of sp³-hybridized carbons (Fsp3) is 0.294. The van der Waals surface area contributed by atoms with E-state index in [1.165, 1.54) is 16.7 Å². The van der Waals surface area contributed by atoms with Crippen molar-refractivity contribution in [3.05, 3.63) is 57.6 Å². The maximum Gasteiger partial charge on any atom is 0.174 e. The summed E-state index contributed by atoms with van der Waals surface area (Å²) in [4.78, 5) is 0. The van der Waals surface area contributed by atoms with Gasteiger partial charge in [0.1, 0.15) is 13.1 Å². The SMILES string of the molecule is COc1cc(C[NH2+]Cc2ccc(C)cc2)cc(Br)c1OC. The Morgan fingerprint density at radius 3 is 2.24 bits per heavy atom. The molecule has 112 valence electrons. The summed E-state index contributed by atoms with van der Waals surface area (Å²) in [5.74, 6) is 1.49. The lowest BCUT2D eigenvalue weighted by Crippen LogP contribution is -2.80. The number of ether oxygens (including phenoxy) is 2. The number of benzene rings is 2. The number of rotatable bonds is 6. The Balaban J connectivity index is 2.00. The Bertz CT molecular complexity index is 596. The van der Waals surface area contributed by atoms with Crippen LogP contribution < -0.4 is 14.8 Å². The molecule has 0 aromatic heterocycles. The first-order chi connectivity index (χ1) is 10.1. The second kappa shape index (κ2) is 7.48. The number of hydrogen-bond donors (Lipinski definition) is 1. The van der Waals surface area contributed by atoms with Gasteiger partial charge in [-0.2, -0.15) is 0 Å². The normalized spacial score (nSPS) is 10.5. The Labute approximate surface area is 134 Å². The van der Waals surface area contributed by atoms with Gasteiger partial charge in [0.05, 0.1) is 18.7 Å². The van der Waals surface area contributed by atoms with Gasteiger partial charge in [0.25, 0.3) is 0 Å². The van der Waals surface area contributed by atoms with E-state index in [2.05, 4.69) is 58.5 Å². The maximum absolute atomic E-state index is 5.37. The molecule has 0 aliphatic heterocycles. The van der Waals surface area contributed by atoms with Crippen LogP contribution >= 0.6 is 15.9 Å². The molecule has 2 aromatic carbocycles. The van der Waals surface area contributed by atoms with Crippen LogP contribution in [0.15, 0.2) is 40.9 Å². The van der Waals surface area contributed by atoms with Gasteiger partial charge >= 0.3 is 0 Å². The van der Waals surface area contributed by atoms with Crippen LogP contribution in [0.25, 0.3) is 0 Å². The number of nitrogens with two attached hydrogens (primary N) is 1. The molecule has 0 atom stereocenters. The summed E-state index contributed by atoms with van der Waals surface area (Å²) in [5.41, 5.74) is 3.83. The zero-order chi connectivity index (χ0) is 15.2. The molecule has 0 bridgehead atoms. The lowest BCUT2D eigenvalue weighted by molar-refractivity contribution is -0.686. The molecule has 21 heavy (non-hydrogen) atoms. The van der Waals surface area contributed by atoms with Gasteiger partial charge in [-0.05, 0) is 35.0 Å². The van der Waals surface area contributed by atoms with Crippen molar-refractivity contribution in [2.24, 2.45) is 0 Å². The maximum atomic E-state index is 5.37. The van der Waals surface area contributed by atoms with Gasteiger partial charge in [0.15, 0.2) is 11.5 Å². The molecule has 0 saturated heterocycles. The molecule has 2 aromatic rings. The molecule has 2 N–H and O–H groups in total. The highest BCUT2D eigenvalue weighted by molar-refractivity contribution is 9.10. The topological polar surface area (TPSA) is 35.1 Å². The summed E-state index contributed by atoms with van der Waals surface area (Å²) >= 11 is 3.52. The van der Waals surface area contributed by atoms with Crippen molar-refractivity contribution >= 4 is 15.9 Å². The largest absolute Gasteiger partial charge is 0.493 e. The fourth-order valence-electron chi connectivity index (χ4n) is 2.22.